The first-order chi connectivity index (χ1) is 10.7. The van der Waals surface area contributed by atoms with Crippen molar-refractivity contribution >= 4 is 33.4 Å². The topological polar surface area (TPSA) is 12.9 Å². The Morgan fingerprint density at radius 3 is 2.36 bits per heavy atom. The summed E-state index contributed by atoms with van der Waals surface area (Å²) in [5.41, 5.74) is 3.05. The van der Waals surface area contributed by atoms with E-state index >= 15 is 0 Å². The van der Waals surface area contributed by atoms with Crippen molar-refractivity contribution in [3.8, 4) is 11.1 Å². The van der Waals surface area contributed by atoms with Gasteiger partial charge < -0.3 is 0 Å². The van der Waals surface area contributed by atoms with Crippen LogP contribution in [0.5, 0.6) is 0 Å². The van der Waals surface area contributed by atoms with Gasteiger partial charge in [0.25, 0.3) is 0 Å². The molecule has 0 spiro atoms. The van der Waals surface area contributed by atoms with Crippen molar-refractivity contribution in [2.75, 3.05) is 0 Å². The third-order valence-electron chi connectivity index (χ3n) is 3.79. The highest BCUT2D eigenvalue weighted by Gasteiger charge is 2.14. The van der Waals surface area contributed by atoms with Gasteiger partial charge in [-0.1, -0.05) is 48.0 Å². The van der Waals surface area contributed by atoms with Gasteiger partial charge in [0.15, 0.2) is 0 Å². The quantitative estimate of drug-likeness (QED) is 0.402. The zero-order chi connectivity index (χ0) is 15.1. The third kappa shape index (κ3) is 2.04. The number of halogens is 2. The predicted octanol–water partition coefficient (Wildman–Crippen LogP) is 5.85. The highest BCUT2D eigenvalue weighted by molar-refractivity contribution is 6.31. The number of pyridine rings is 1. The maximum Gasteiger partial charge on any atom is 0.131 e. The first-order valence-electron chi connectivity index (χ1n) is 6.97. The van der Waals surface area contributed by atoms with E-state index in [4.69, 9.17) is 11.6 Å². The number of hydrogen-bond donors (Lipinski definition) is 0. The molecule has 0 aliphatic heterocycles. The molecule has 1 aromatic heterocycles. The number of hydrogen-bond acceptors (Lipinski definition) is 1. The molecule has 1 heterocycles. The summed E-state index contributed by atoms with van der Waals surface area (Å²) in [7, 11) is 0. The monoisotopic (exact) mass is 307 g/mol. The van der Waals surface area contributed by atoms with Crippen molar-refractivity contribution in [3.63, 3.8) is 0 Å². The third-order valence-corrected chi connectivity index (χ3v) is 4.02. The lowest BCUT2D eigenvalue weighted by atomic mass is 9.96. The summed E-state index contributed by atoms with van der Waals surface area (Å²) < 4.78 is 14.4. The van der Waals surface area contributed by atoms with Crippen LogP contribution in [0.2, 0.25) is 5.02 Å². The van der Waals surface area contributed by atoms with E-state index in [1.807, 2.05) is 42.5 Å². The Hall–Kier alpha value is -2.45. The number of fused-ring (bicyclic) bond motifs is 2. The molecule has 3 aromatic carbocycles. The van der Waals surface area contributed by atoms with Crippen LogP contribution in [-0.2, 0) is 0 Å². The van der Waals surface area contributed by atoms with Gasteiger partial charge >= 0.3 is 0 Å². The Morgan fingerprint density at radius 2 is 1.50 bits per heavy atom. The van der Waals surface area contributed by atoms with Gasteiger partial charge in [0.1, 0.15) is 5.82 Å². The molecule has 4 aromatic rings. The fourth-order valence-electron chi connectivity index (χ4n) is 2.82. The molecule has 22 heavy (non-hydrogen) atoms. The van der Waals surface area contributed by atoms with Crippen molar-refractivity contribution in [1.82, 2.24) is 4.98 Å². The smallest absolute Gasteiger partial charge is 0.131 e. The number of nitrogens with zero attached hydrogens (tertiary/aromatic N) is 1. The lowest BCUT2D eigenvalue weighted by Crippen LogP contribution is -1.91. The fraction of sp³-hybridized carbons (Fsp3) is 0. The van der Waals surface area contributed by atoms with Gasteiger partial charge in [-0.05, 0) is 30.3 Å². The summed E-state index contributed by atoms with van der Waals surface area (Å²) in [4.78, 5) is 4.65. The second kappa shape index (κ2) is 5.08. The first kappa shape index (κ1) is 13.2. The van der Waals surface area contributed by atoms with Crippen molar-refractivity contribution in [2.45, 2.75) is 0 Å². The van der Waals surface area contributed by atoms with E-state index in [-0.39, 0.29) is 5.82 Å². The summed E-state index contributed by atoms with van der Waals surface area (Å²) >= 11 is 6.15. The highest BCUT2D eigenvalue weighted by atomic mass is 35.5. The second-order valence-corrected chi connectivity index (χ2v) is 5.58. The predicted molar refractivity (Wildman–Crippen MR) is 89.7 cm³/mol. The minimum absolute atomic E-state index is 0.250. The summed E-state index contributed by atoms with van der Waals surface area (Å²) in [6, 6.07) is 20.1. The molecular weight excluding hydrogens is 297 g/mol. The van der Waals surface area contributed by atoms with Crippen LogP contribution < -0.4 is 0 Å². The fourth-order valence-corrected chi connectivity index (χ4v) is 2.99. The minimum atomic E-state index is -0.250. The zero-order valence-corrected chi connectivity index (χ0v) is 12.3. The standard InChI is InChI=1S/C19H11ClFN/c20-12-9-10-18-15(11-12)19(13-5-1-3-7-16(13)21)14-6-2-4-8-17(14)22-18/h1-11H. The van der Waals surface area contributed by atoms with E-state index < -0.39 is 0 Å². The van der Waals surface area contributed by atoms with Crippen LogP contribution in [0.15, 0.2) is 66.7 Å². The maximum atomic E-state index is 14.4. The Morgan fingerprint density at radius 1 is 0.773 bits per heavy atom. The molecule has 0 saturated carbocycles. The molecule has 0 fully saturated rings. The molecule has 0 aliphatic rings. The molecule has 0 aliphatic carbocycles. The van der Waals surface area contributed by atoms with Crippen LogP contribution >= 0.6 is 11.6 Å². The number of rotatable bonds is 1. The van der Waals surface area contributed by atoms with Gasteiger partial charge in [-0.15, -0.1) is 0 Å². The molecule has 4 rings (SSSR count). The first-order valence-corrected chi connectivity index (χ1v) is 7.35. The van der Waals surface area contributed by atoms with E-state index in [0.717, 1.165) is 27.4 Å². The molecule has 0 atom stereocenters. The van der Waals surface area contributed by atoms with Crippen LogP contribution in [0, 0.1) is 5.82 Å². The molecule has 106 valence electrons. The Kier molecular flexibility index (Phi) is 3.05. The van der Waals surface area contributed by atoms with Gasteiger partial charge in [0.2, 0.25) is 0 Å². The highest BCUT2D eigenvalue weighted by Crippen LogP contribution is 2.36. The van der Waals surface area contributed by atoms with Crippen LogP contribution in [-0.4, -0.2) is 4.98 Å². The lowest BCUT2D eigenvalue weighted by Gasteiger charge is -2.12. The summed E-state index contributed by atoms with van der Waals surface area (Å²) in [5.74, 6) is -0.250. The van der Waals surface area contributed by atoms with E-state index in [1.54, 1.807) is 18.2 Å². The van der Waals surface area contributed by atoms with Crippen molar-refractivity contribution < 1.29 is 4.39 Å². The molecule has 0 radical (unpaired) electrons. The Labute approximate surface area is 132 Å². The molecule has 0 saturated heterocycles. The van der Waals surface area contributed by atoms with Gasteiger partial charge in [-0.2, -0.15) is 0 Å². The molecule has 0 amide bonds. The van der Waals surface area contributed by atoms with Crippen LogP contribution in [0.25, 0.3) is 32.9 Å². The van der Waals surface area contributed by atoms with Crippen molar-refractivity contribution in [2.24, 2.45) is 0 Å². The van der Waals surface area contributed by atoms with E-state index in [2.05, 4.69) is 4.98 Å². The van der Waals surface area contributed by atoms with E-state index in [0.29, 0.717) is 10.6 Å². The average molecular weight is 308 g/mol. The summed E-state index contributed by atoms with van der Waals surface area (Å²) in [6.07, 6.45) is 0. The average Bonchev–Trinajstić information content (AvgIpc) is 2.54. The van der Waals surface area contributed by atoms with Crippen LogP contribution in [0.4, 0.5) is 4.39 Å². The van der Waals surface area contributed by atoms with Crippen molar-refractivity contribution in [1.29, 1.82) is 0 Å². The van der Waals surface area contributed by atoms with Crippen LogP contribution in [0.1, 0.15) is 0 Å². The second-order valence-electron chi connectivity index (χ2n) is 5.15. The largest absolute Gasteiger partial charge is 0.248 e. The molecule has 0 unspecified atom stereocenters. The molecular formula is C19H11ClFN. The Balaban J connectivity index is 2.25. The molecule has 0 N–H and O–H groups in total. The number of aromatic nitrogens is 1. The van der Waals surface area contributed by atoms with Gasteiger partial charge in [0, 0.05) is 26.9 Å². The normalized spacial score (nSPS) is 11.2. The van der Waals surface area contributed by atoms with Crippen molar-refractivity contribution in [3.05, 3.63) is 77.6 Å². The minimum Gasteiger partial charge on any atom is -0.248 e. The maximum absolute atomic E-state index is 14.4. The molecule has 1 nitrogen and oxygen atoms in total. The van der Waals surface area contributed by atoms with Crippen LogP contribution in [0.3, 0.4) is 0 Å². The molecule has 0 bridgehead atoms. The Bertz CT molecular complexity index is 1010. The molecule has 3 heteroatoms. The number of benzene rings is 3. The van der Waals surface area contributed by atoms with E-state index in [9.17, 15) is 4.39 Å². The van der Waals surface area contributed by atoms with E-state index in [1.165, 1.54) is 6.07 Å². The SMILES string of the molecule is Fc1ccccc1-c1c2ccccc2nc2ccc(Cl)cc12. The van der Waals surface area contributed by atoms with Gasteiger partial charge in [-0.25, -0.2) is 9.37 Å². The number of para-hydroxylation sites is 1. The summed E-state index contributed by atoms with van der Waals surface area (Å²) in [5, 5.41) is 2.39. The van der Waals surface area contributed by atoms with Gasteiger partial charge in [0.05, 0.1) is 11.0 Å². The summed E-state index contributed by atoms with van der Waals surface area (Å²) in [6.45, 7) is 0. The van der Waals surface area contributed by atoms with Gasteiger partial charge in [-0.3, -0.25) is 0 Å². The zero-order valence-electron chi connectivity index (χ0n) is 11.6. The lowest BCUT2D eigenvalue weighted by molar-refractivity contribution is 0.631.